The standard InChI is InChI=1S/C22H27N3O2S/c1-15-6-5-7-16(14-15)20(26)23-21-19(17-8-3-4-9-18(17)28-21)22(27)25-12-10-24(2)11-13-25/h5-7,14H,3-4,8-13H2,1-2H3,(H,23,26)/p+1. The van der Waals surface area contributed by atoms with Crippen LogP contribution >= 0.6 is 11.3 Å². The zero-order valence-corrected chi connectivity index (χ0v) is 17.5. The second kappa shape index (κ2) is 8.05. The van der Waals surface area contributed by atoms with Gasteiger partial charge in [-0.2, -0.15) is 0 Å². The van der Waals surface area contributed by atoms with Crippen LogP contribution in [-0.4, -0.2) is 49.9 Å². The number of carbonyl (C=O) groups is 2. The number of piperazine rings is 1. The molecule has 1 aromatic carbocycles. The summed E-state index contributed by atoms with van der Waals surface area (Å²) in [5.74, 6) is -0.0504. The van der Waals surface area contributed by atoms with Crippen LogP contribution in [0.15, 0.2) is 24.3 Å². The van der Waals surface area contributed by atoms with Crippen LogP contribution in [0.25, 0.3) is 0 Å². The Labute approximate surface area is 170 Å². The molecule has 0 radical (unpaired) electrons. The molecule has 6 heteroatoms. The Bertz CT molecular complexity index is 897. The van der Waals surface area contributed by atoms with Gasteiger partial charge in [-0.05, 0) is 50.3 Å². The quantitative estimate of drug-likeness (QED) is 0.833. The van der Waals surface area contributed by atoms with Crippen molar-refractivity contribution in [2.45, 2.75) is 32.6 Å². The van der Waals surface area contributed by atoms with Gasteiger partial charge < -0.3 is 15.1 Å². The number of aryl methyl sites for hydroxylation is 2. The first-order chi connectivity index (χ1) is 13.5. The highest BCUT2D eigenvalue weighted by atomic mass is 32.1. The summed E-state index contributed by atoms with van der Waals surface area (Å²) in [6.07, 6.45) is 4.21. The molecule has 2 amide bonds. The lowest BCUT2D eigenvalue weighted by Crippen LogP contribution is -3.12. The van der Waals surface area contributed by atoms with Gasteiger partial charge in [-0.25, -0.2) is 0 Å². The molecule has 148 valence electrons. The fraction of sp³-hybridized carbons (Fsp3) is 0.455. The minimum atomic E-state index is -0.140. The molecule has 0 spiro atoms. The number of thiophene rings is 1. The van der Waals surface area contributed by atoms with Crippen molar-refractivity contribution in [2.75, 3.05) is 38.5 Å². The molecule has 5 nitrogen and oxygen atoms in total. The van der Waals surface area contributed by atoms with Gasteiger partial charge in [0.15, 0.2) is 0 Å². The Morgan fingerprint density at radius 1 is 1.14 bits per heavy atom. The van der Waals surface area contributed by atoms with Crippen LogP contribution < -0.4 is 10.2 Å². The molecule has 1 fully saturated rings. The van der Waals surface area contributed by atoms with Gasteiger partial charge in [-0.15, -0.1) is 11.3 Å². The SMILES string of the molecule is Cc1cccc(C(=O)Nc2sc3c(c2C(=O)N2CC[NH+](C)CC2)CCCC3)c1. The van der Waals surface area contributed by atoms with E-state index < -0.39 is 0 Å². The van der Waals surface area contributed by atoms with Crippen LogP contribution in [0.3, 0.4) is 0 Å². The van der Waals surface area contributed by atoms with Gasteiger partial charge in [0, 0.05) is 10.4 Å². The number of likely N-dealkylation sites (N-methyl/N-ethyl adjacent to an activating group) is 1. The predicted molar refractivity (Wildman–Crippen MR) is 113 cm³/mol. The molecule has 28 heavy (non-hydrogen) atoms. The summed E-state index contributed by atoms with van der Waals surface area (Å²) in [6, 6.07) is 7.57. The summed E-state index contributed by atoms with van der Waals surface area (Å²) < 4.78 is 0. The Hall–Kier alpha value is -2.18. The minimum absolute atomic E-state index is 0.0893. The molecular weight excluding hydrogens is 370 g/mol. The number of nitrogens with zero attached hydrogens (tertiary/aromatic N) is 1. The molecule has 1 aliphatic carbocycles. The first-order valence-corrected chi connectivity index (χ1v) is 11.0. The van der Waals surface area contributed by atoms with Crippen molar-refractivity contribution in [2.24, 2.45) is 0 Å². The second-order valence-corrected chi connectivity index (χ2v) is 9.09. The van der Waals surface area contributed by atoms with E-state index in [0.717, 1.165) is 68.0 Å². The normalized spacial score (nSPS) is 17.3. The Kier molecular flexibility index (Phi) is 5.51. The van der Waals surface area contributed by atoms with Crippen LogP contribution in [-0.2, 0) is 12.8 Å². The number of hydrogen-bond donors (Lipinski definition) is 2. The fourth-order valence-corrected chi connectivity index (χ4v) is 5.37. The van der Waals surface area contributed by atoms with E-state index in [4.69, 9.17) is 0 Å². The monoisotopic (exact) mass is 398 g/mol. The third-order valence-electron chi connectivity index (χ3n) is 5.80. The molecular formula is C22H28N3O2S+. The predicted octanol–water partition coefficient (Wildman–Crippen LogP) is 2.16. The van der Waals surface area contributed by atoms with Gasteiger partial charge in [0.2, 0.25) is 0 Å². The summed E-state index contributed by atoms with van der Waals surface area (Å²) in [5, 5.41) is 3.80. The maximum Gasteiger partial charge on any atom is 0.257 e. The summed E-state index contributed by atoms with van der Waals surface area (Å²) in [5.41, 5.74) is 3.61. The van der Waals surface area contributed by atoms with Crippen molar-refractivity contribution in [3.63, 3.8) is 0 Å². The average molecular weight is 399 g/mol. The second-order valence-electron chi connectivity index (χ2n) is 7.99. The van der Waals surface area contributed by atoms with Crippen molar-refractivity contribution < 1.29 is 14.5 Å². The van der Waals surface area contributed by atoms with E-state index in [1.807, 2.05) is 36.1 Å². The maximum atomic E-state index is 13.4. The van der Waals surface area contributed by atoms with Gasteiger partial charge in [0.05, 0.1) is 38.8 Å². The first kappa shape index (κ1) is 19.2. The van der Waals surface area contributed by atoms with Gasteiger partial charge in [-0.3, -0.25) is 9.59 Å². The largest absolute Gasteiger partial charge is 0.334 e. The molecule has 0 unspecified atom stereocenters. The van der Waals surface area contributed by atoms with E-state index in [9.17, 15) is 9.59 Å². The van der Waals surface area contributed by atoms with Gasteiger partial charge >= 0.3 is 0 Å². The van der Waals surface area contributed by atoms with E-state index in [0.29, 0.717) is 5.56 Å². The third-order valence-corrected chi connectivity index (χ3v) is 7.00. The molecule has 0 saturated carbocycles. The minimum Gasteiger partial charge on any atom is -0.334 e. The number of fused-ring (bicyclic) bond motifs is 1. The fourth-order valence-electron chi connectivity index (χ4n) is 4.09. The van der Waals surface area contributed by atoms with Gasteiger partial charge in [0.25, 0.3) is 11.8 Å². The molecule has 1 saturated heterocycles. The molecule has 2 aromatic rings. The van der Waals surface area contributed by atoms with Gasteiger partial charge in [-0.1, -0.05) is 17.7 Å². The molecule has 1 aromatic heterocycles. The van der Waals surface area contributed by atoms with E-state index in [-0.39, 0.29) is 11.8 Å². The summed E-state index contributed by atoms with van der Waals surface area (Å²) >= 11 is 1.60. The van der Waals surface area contributed by atoms with E-state index in [2.05, 4.69) is 12.4 Å². The number of hydrogen-bond acceptors (Lipinski definition) is 3. The lowest BCUT2D eigenvalue weighted by Gasteiger charge is -2.30. The number of quaternary nitrogens is 1. The van der Waals surface area contributed by atoms with Crippen molar-refractivity contribution >= 4 is 28.2 Å². The maximum absolute atomic E-state index is 13.4. The van der Waals surface area contributed by atoms with Gasteiger partial charge in [0.1, 0.15) is 5.00 Å². The molecule has 1 aliphatic heterocycles. The van der Waals surface area contributed by atoms with Crippen molar-refractivity contribution in [1.82, 2.24) is 4.90 Å². The lowest BCUT2D eigenvalue weighted by molar-refractivity contribution is -0.883. The third kappa shape index (κ3) is 3.84. The number of nitrogens with one attached hydrogen (secondary N) is 2. The Morgan fingerprint density at radius 2 is 1.89 bits per heavy atom. The number of anilines is 1. The molecule has 0 atom stereocenters. The highest BCUT2D eigenvalue weighted by Crippen LogP contribution is 2.39. The zero-order chi connectivity index (χ0) is 19.7. The van der Waals surface area contributed by atoms with Crippen molar-refractivity contribution in [3.8, 4) is 0 Å². The smallest absolute Gasteiger partial charge is 0.257 e. The van der Waals surface area contributed by atoms with Crippen molar-refractivity contribution in [1.29, 1.82) is 0 Å². The van der Waals surface area contributed by atoms with E-state index in [1.165, 1.54) is 15.3 Å². The van der Waals surface area contributed by atoms with Crippen LogP contribution in [0.4, 0.5) is 5.00 Å². The molecule has 2 aliphatic rings. The number of benzene rings is 1. The zero-order valence-electron chi connectivity index (χ0n) is 16.6. The number of carbonyl (C=O) groups excluding carboxylic acids is 2. The average Bonchev–Trinajstić information content (AvgIpc) is 3.05. The van der Waals surface area contributed by atoms with Crippen LogP contribution in [0.2, 0.25) is 0 Å². The van der Waals surface area contributed by atoms with Crippen LogP contribution in [0.1, 0.15) is 49.6 Å². The summed E-state index contributed by atoms with van der Waals surface area (Å²) in [6.45, 7) is 5.48. The Morgan fingerprint density at radius 3 is 2.64 bits per heavy atom. The topological polar surface area (TPSA) is 53.9 Å². The summed E-state index contributed by atoms with van der Waals surface area (Å²) in [7, 11) is 2.17. The van der Waals surface area contributed by atoms with E-state index in [1.54, 1.807) is 11.3 Å². The van der Waals surface area contributed by atoms with Crippen molar-refractivity contribution in [3.05, 3.63) is 51.4 Å². The van der Waals surface area contributed by atoms with Crippen LogP contribution in [0.5, 0.6) is 0 Å². The lowest BCUT2D eigenvalue weighted by atomic mass is 9.95. The molecule has 0 bridgehead atoms. The Balaban J connectivity index is 1.64. The van der Waals surface area contributed by atoms with Crippen LogP contribution in [0, 0.1) is 6.92 Å². The first-order valence-electron chi connectivity index (χ1n) is 10.2. The number of amides is 2. The summed E-state index contributed by atoms with van der Waals surface area (Å²) in [4.78, 5) is 30.9. The molecule has 2 N–H and O–H groups in total. The highest BCUT2D eigenvalue weighted by molar-refractivity contribution is 7.17. The molecule has 4 rings (SSSR count). The molecule has 2 heterocycles. The van der Waals surface area contributed by atoms with E-state index >= 15 is 0 Å². The number of rotatable bonds is 3. The highest BCUT2D eigenvalue weighted by Gasteiger charge is 2.31.